The van der Waals surface area contributed by atoms with E-state index in [1.54, 1.807) is 20.8 Å². The molecule has 3 nitrogen and oxygen atoms in total. The summed E-state index contributed by atoms with van der Waals surface area (Å²) < 4.78 is 52.6. The first-order chi connectivity index (χ1) is 8.12. The van der Waals surface area contributed by atoms with Gasteiger partial charge >= 0.3 is 6.18 Å². The second kappa shape index (κ2) is 5.17. The maximum Gasteiger partial charge on any atom is 0.417 e. The lowest BCUT2D eigenvalue weighted by atomic mass is 10.1. The third-order valence-electron chi connectivity index (χ3n) is 1.97. The van der Waals surface area contributed by atoms with Gasteiger partial charge in [0.15, 0.2) is 0 Å². The van der Waals surface area contributed by atoms with E-state index in [0.29, 0.717) is 0 Å². The molecule has 0 aliphatic heterocycles. The Morgan fingerprint density at radius 2 is 1.94 bits per heavy atom. The smallest absolute Gasteiger partial charge is 0.264 e. The zero-order valence-corrected chi connectivity index (χ0v) is 11.0. The fraction of sp³-hybridized carbons (Fsp3) is 0.455. The van der Waals surface area contributed by atoms with E-state index >= 15 is 0 Å². The molecule has 0 bridgehead atoms. The Morgan fingerprint density at radius 1 is 1.33 bits per heavy atom. The number of aromatic nitrogens is 1. The topological polar surface area (TPSA) is 42.3 Å². The second-order valence-corrected chi connectivity index (χ2v) is 6.49. The molecule has 0 aromatic carbocycles. The molecule has 0 aliphatic rings. The summed E-state index contributed by atoms with van der Waals surface area (Å²) in [5.41, 5.74) is -1.03. The van der Waals surface area contributed by atoms with Gasteiger partial charge in [-0.1, -0.05) is 0 Å². The van der Waals surface area contributed by atoms with E-state index in [-0.39, 0.29) is 5.56 Å². The minimum atomic E-state index is -4.48. The zero-order chi connectivity index (χ0) is 14.0. The number of alkyl halides is 3. The molecule has 0 fully saturated rings. The molecule has 0 radical (unpaired) electrons. The Kier molecular flexibility index (Phi) is 4.26. The third-order valence-corrected chi connectivity index (χ3v) is 3.31. The van der Waals surface area contributed by atoms with Crippen LogP contribution in [0.2, 0.25) is 0 Å². The first-order valence-corrected chi connectivity index (χ1v) is 6.20. The zero-order valence-electron chi connectivity index (χ0n) is 10.2. The van der Waals surface area contributed by atoms with Gasteiger partial charge in [-0.3, -0.25) is 4.98 Å². The molecule has 1 aromatic rings. The van der Waals surface area contributed by atoms with Crippen LogP contribution < -0.4 is 0 Å². The Hall–Kier alpha value is -1.24. The average molecular weight is 278 g/mol. The summed E-state index contributed by atoms with van der Waals surface area (Å²) in [6.07, 6.45) is -1.42. The van der Waals surface area contributed by atoms with E-state index in [9.17, 15) is 17.4 Å². The Labute approximate surface area is 106 Å². The standard InChI is InChI=1S/C11H13F3N2OS/c1-10(2,3)18(17)16-7-8-6-15-5-4-9(8)11(12,13)14/h4-7H,1-3H3/t18-/m0/s1. The molecule has 1 aromatic heterocycles. The van der Waals surface area contributed by atoms with Gasteiger partial charge in [0.05, 0.1) is 10.3 Å². The lowest BCUT2D eigenvalue weighted by Crippen LogP contribution is -2.20. The van der Waals surface area contributed by atoms with Gasteiger partial charge in [0.2, 0.25) is 0 Å². The number of hydrogen-bond acceptors (Lipinski definition) is 2. The third kappa shape index (κ3) is 3.90. The van der Waals surface area contributed by atoms with Crippen molar-refractivity contribution >= 4 is 17.2 Å². The van der Waals surface area contributed by atoms with E-state index in [1.807, 2.05) is 0 Å². The average Bonchev–Trinajstić information content (AvgIpc) is 2.23. The van der Waals surface area contributed by atoms with Gasteiger partial charge in [0.1, 0.15) is 11.0 Å². The van der Waals surface area contributed by atoms with Gasteiger partial charge in [0, 0.05) is 24.2 Å². The summed E-state index contributed by atoms with van der Waals surface area (Å²) >= 11 is 0. The van der Waals surface area contributed by atoms with Crippen LogP contribution >= 0.6 is 0 Å². The fourth-order valence-corrected chi connectivity index (χ4v) is 1.56. The minimum absolute atomic E-state index is 0.192. The van der Waals surface area contributed by atoms with Crippen LogP contribution in [0.5, 0.6) is 0 Å². The number of rotatable bonds is 2. The van der Waals surface area contributed by atoms with Gasteiger partial charge in [0.25, 0.3) is 0 Å². The van der Waals surface area contributed by atoms with E-state index in [0.717, 1.165) is 24.7 Å². The lowest BCUT2D eigenvalue weighted by molar-refractivity contribution is -0.137. The largest absolute Gasteiger partial charge is 0.417 e. The van der Waals surface area contributed by atoms with Crippen LogP contribution in [0.4, 0.5) is 13.2 Å². The van der Waals surface area contributed by atoms with Gasteiger partial charge in [-0.15, -0.1) is 0 Å². The molecule has 1 rings (SSSR count). The summed E-state index contributed by atoms with van der Waals surface area (Å²) in [7, 11) is -1.60. The predicted octanol–water partition coefficient (Wildman–Crippen LogP) is 2.98. The van der Waals surface area contributed by atoms with E-state index < -0.39 is 27.5 Å². The predicted molar refractivity (Wildman–Crippen MR) is 64.7 cm³/mol. The molecule has 0 aliphatic carbocycles. The number of nitrogens with zero attached hydrogens (tertiary/aromatic N) is 2. The van der Waals surface area contributed by atoms with Gasteiger partial charge in [-0.2, -0.15) is 17.6 Å². The van der Waals surface area contributed by atoms with Crippen LogP contribution in [-0.2, 0) is 17.2 Å². The Balaban J connectivity index is 3.06. The number of hydrogen-bond donors (Lipinski definition) is 0. The summed E-state index contributed by atoms with van der Waals surface area (Å²) in [5.74, 6) is 0. The van der Waals surface area contributed by atoms with Gasteiger partial charge in [-0.25, -0.2) is 4.21 Å². The molecule has 1 atom stereocenters. The van der Waals surface area contributed by atoms with Crippen molar-refractivity contribution in [2.24, 2.45) is 4.40 Å². The highest BCUT2D eigenvalue weighted by Gasteiger charge is 2.33. The van der Waals surface area contributed by atoms with Crippen molar-refractivity contribution in [3.8, 4) is 0 Å². The van der Waals surface area contributed by atoms with Crippen LogP contribution in [0.15, 0.2) is 22.9 Å². The molecule has 0 spiro atoms. The van der Waals surface area contributed by atoms with Crippen LogP contribution in [0, 0.1) is 0 Å². The SMILES string of the molecule is CC(C)(C)[S@](=O)N=Cc1cnccc1C(F)(F)F. The first kappa shape index (κ1) is 14.8. The van der Waals surface area contributed by atoms with Crippen LogP contribution in [0.25, 0.3) is 0 Å². The maximum absolute atomic E-state index is 12.6. The van der Waals surface area contributed by atoms with E-state index in [4.69, 9.17) is 0 Å². The Morgan fingerprint density at radius 3 is 2.44 bits per heavy atom. The summed E-state index contributed by atoms with van der Waals surface area (Å²) in [5, 5.41) is 0. The molecular weight excluding hydrogens is 265 g/mol. The highest BCUT2D eigenvalue weighted by molar-refractivity contribution is 7.85. The molecule has 1 heterocycles. The molecular formula is C11H13F3N2OS. The van der Waals surface area contributed by atoms with Crippen LogP contribution in [0.3, 0.4) is 0 Å². The highest BCUT2D eigenvalue weighted by Crippen LogP contribution is 2.30. The molecule has 100 valence electrons. The molecule has 7 heteroatoms. The van der Waals surface area contributed by atoms with Crippen molar-refractivity contribution in [2.45, 2.75) is 31.7 Å². The molecule has 0 saturated heterocycles. The molecule has 0 N–H and O–H groups in total. The first-order valence-electron chi connectivity index (χ1n) is 5.09. The van der Waals surface area contributed by atoms with Crippen molar-refractivity contribution in [3.05, 3.63) is 29.6 Å². The van der Waals surface area contributed by atoms with Gasteiger partial charge < -0.3 is 0 Å². The van der Waals surface area contributed by atoms with Gasteiger partial charge in [-0.05, 0) is 26.8 Å². The summed E-state index contributed by atoms with van der Waals surface area (Å²) in [4.78, 5) is 3.61. The molecule has 0 unspecified atom stereocenters. The minimum Gasteiger partial charge on any atom is -0.264 e. The normalized spacial score (nSPS) is 15.0. The summed E-state index contributed by atoms with van der Waals surface area (Å²) in [6, 6.07) is 0.862. The number of pyridine rings is 1. The van der Waals surface area contributed by atoms with Crippen LogP contribution in [0.1, 0.15) is 31.9 Å². The van der Waals surface area contributed by atoms with Crippen LogP contribution in [-0.4, -0.2) is 20.2 Å². The van der Waals surface area contributed by atoms with Crippen molar-refractivity contribution in [1.29, 1.82) is 0 Å². The lowest BCUT2D eigenvalue weighted by Gasteiger charge is -2.13. The summed E-state index contributed by atoms with van der Waals surface area (Å²) in [6.45, 7) is 5.07. The molecule has 0 saturated carbocycles. The maximum atomic E-state index is 12.6. The highest BCUT2D eigenvalue weighted by atomic mass is 32.2. The monoisotopic (exact) mass is 278 g/mol. The quantitative estimate of drug-likeness (QED) is 0.780. The molecule has 0 amide bonds. The van der Waals surface area contributed by atoms with Crippen molar-refractivity contribution in [1.82, 2.24) is 4.98 Å². The van der Waals surface area contributed by atoms with E-state index in [1.165, 1.54) is 0 Å². The van der Waals surface area contributed by atoms with Crippen molar-refractivity contribution in [2.75, 3.05) is 0 Å². The number of halogens is 3. The van der Waals surface area contributed by atoms with Crippen molar-refractivity contribution in [3.63, 3.8) is 0 Å². The Bertz CT molecular complexity index is 478. The molecule has 18 heavy (non-hydrogen) atoms. The fourth-order valence-electron chi connectivity index (χ4n) is 1.03. The van der Waals surface area contributed by atoms with Crippen molar-refractivity contribution < 1.29 is 17.4 Å². The van der Waals surface area contributed by atoms with E-state index in [2.05, 4.69) is 9.38 Å². The second-order valence-electron chi connectivity index (χ2n) is 4.56.